The molecule has 0 N–H and O–H groups in total. The first-order valence-electron chi connectivity index (χ1n) is 7.53. The monoisotopic (exact) mass is 389 g/mol. The number of rotatable bonds is 4. The Hall–Kier alpha value is -2.02. The van der Waals surface area contributed by atoms with Gasteiger partial charge in [-0.1, -0.05) is 53.2 Å². The van der Waals surface area contributed by atoms with Crippen molar-refractivity contribution in [1.29, 1.82) is 0 Å². The van der Waals surface area contributed by atoms with Gasteiger partial charge in [-0.3, -0.25) is 4.57 Å². The van der Waals surface area contributed by atoms with E-state index in [0.29, 0.717) is 21.4 Å². The van der Waals surface area contributed by atoms with Crippen LogP contribution in [0.4, 0.5) is 0 Å². The van der Waals surface area contributed by atoms with E-state index in [1.165, 1.54) is 5.56 Å². The molecule has 0 saturated heterocycles. The van der Waals surface area contributed by atoms with E-state index in [1.807, 2.05) is 27.3 Å². The molecule has 3 heterocycles. The van der Waals surface area contributed by atoms with Crippen molar-refractivity contribution in [3.05, 3.63) is 70.4 Å². The minimum absolute atomic E-state index is 0.534. The van der Waals surface area contributed by atoms with Crippen molar-refractivity contribution >= 4 is 40.6 Å². The SMILES string of the molecule is Cc1ccccc1-n1cnnc1SCc1cn2cc(Cl)cc(Cl)c2n1. The summed E-state index contributed by atoms with van der Waals surface area (Å²) in [5.74, 6) is 0.653. The van der Waals surface area contributed by atoms with Gasteiger partial charge in [0.2, 0.25) is 0 Å². The van der Waals surface area contributed by atoms with E-state index in [9.17, 15) is 0 Å². The smallest absolute Gasteiger partial charge is 0.196 e. The molecule has 0 saturated carbocycles. The van der Waals surface area contributed by atoms with Gasteiger partial charge in [0.15, 0.2) is 10.8 Å². The van der Waals surface area contributed by atoms with Crippen LogP contribution >= 0.6 is 35.0 Å². The highest BCUT2D eigenvalue weighted by Crippen LogP contribution is 2.27. The van der Waals surface area contributed by atoms with Crippen molar-refractivity contribution in [3.8, 4) is 5.69 Å². The summed E-state index contributed by atoms with van der Waals surface area (Å²) in [7, 11) is 0. The maximum absolute atomic E-state index is 6.20. The van der Waals surface area contributed by atoms with E-state index < -0.39 is 0 Å². The number of aryl methyl sites for hydroxylation is 1. The lowest BCUT2D eigenvalue weighted by Crippen LogP contribution is -1.97. The molecule has 0 spiro atoms. The van der Waals surface area contributed by atoms with Crippen LogP contribution in [0.5, 0.6) is 0 Å². The number of benzene rings is 1. The van der Waals surface area contributed by atoms with Gasteiger partial charge in [-0.05, 0) is 24.6 Å². The summed E-state index contributed by atoms with van der Waals surface area (Å²) in [6.45, 7) is 2.07. The molecular formula is C17H13Cl2N5S. The van der Waals surface area contributed by atoms with Crippen molar-refractivity contribution in [1.82, 2.24) is 24.1 Å². The lowest BCUT2D eigenvalue weighted by atomic mass is 10.2. The molecule has 25 heavy (non-hydrogen) atoms. The number of para-hydroxylation sites is 1. The predicted octanol–water partition coefficient (Wildman–Crippen LogP) is 4.82. The highest BCUT2D eigenvalue weighted by molar-refractivity contribution is 7.98. The second-order valence-corrected chi connectivity index (χ2v) is 7.31. The zero-order chi connectivity index (χ0) is 17.4. The molecule has 4 aromatic rings. The maximum Gasteiger partial charge on any atom is 0.196 e. The van der Waals surface area contributed by atoms with Crippen LogP contribution in [0.25, 0.3) is 11.3 Å². The van der Waals surface area contributed by atoms with Crippen molar-refractivity contribution in [2.24, 2.45) is 0 Å². The topological polar surface area (TPSA) is 48.0 Å². The van der Waals surface area contributed by atoms with Crippen LogP contribution in [-0.4, -0.2) is 24.1 Å². The zero-order valence-corrected chi connectivity index (χ0v) is 15.6. The summed E-state index contributed by atoms with van der Waals surface area (Å²) < 4.78 is 3.83. The fourth-order valence-electron chi connectivity index (χ4n) is 2.61. The van der Waals surface area contributed by atoms with Crippen LogP contribution in [0.1, 0.15) is 11.3 Å². The molecule has 0 aliphatic heterocycles. The van der Waals surface area contributed by atoms with E-state index in [4.69, 9.17) is 23.2 Å². The fourth-order valence-corrected chi connectivity index (χ4v) is 3.94. The fraction of sp³-hybridized carbons (Fsp3) is 0.118. The van der Waals surface area contributed by atoms with Gasteiger partial charge in [0.25, 0.3) is 0 Å². The molecular weight excluding hydrogens is 377 g/mol. The predicted molar refractivity (Wildman–Crippen MR) is 101 cm³/mol. The number of fused-ring (bicyclic) bond motifs is 1. The first-order valence-corrected chi connectivity index (χ1v) is 9.27. The Labute approximate surface area is 158 Å². The Kier molecular flexibility index (Phi) is 4.41. The lowest BCUT2D eigenvalue weighted by Gasteiger charge is -2.08. The van der Waals surface area contributed by atoms with E-state index in [2.05, 4.69) is 34.2 Å². The third-order valence-corrected chi connectivity index (χ3v) is 5.22. The van der Waals surface area contributed by atoms with Gasteiger partial charge < -0.3 is 4.40 Å². The number of pyridine rings is 1. The van der Waals surface area contributed by atoms with Crippen LogP contribution in [0.15, 0.2) is 54.2 Å². The quantitative estimate of drug-likeness (QED) is 0.469. The van der Waals surface area contributed by atoms with Crippen LogP contribution in [0.2, 0.25) is 10.0 Å². The molecule has 0 aliphatic rings. The molecule has 0 radical (unpaired) electrons. The third kappa shape index (κ3) is 3.25. The number of nitrogens with zero attached hydrogens (tertiary/aromatic N) is 5. The summed E-state index contributed by atoms with van der Waals surface area (Å²) in [6.07, 6.45) is 5.44. The standard InChI is InChI=1S/C17H13Cl2N5S/c1-11-4-2-3-5-15(11)24-10-20-22-17(24)25-9-13-8-23-7-12(18)6-14(19)16(23)21-13/h2-8,10H,9H2,1H3. The second kappa shape index (κ2) is 6.71. The summed E-state index contributed by atoms with van der Waals surface area (Å²) >= 11 is 13.8. The van der Waals surface area contributed by atoms with E-state index in [1.54, 1.807) is 30.4 Å². The van der Waals surface area contributed by atoms with Gasteiger partial charge in [-0.2, -0.15) is 0 Å². The Morgan fingerprint density at radius 3 is 2.84 bits per heavy atom. The van der Waals surface area contributed by atoms with Crippen LogP contribution < -0.4 is 0 Å². The van der Waals surface area contributed by atoms with Crippen molar-refractivity contribution in [2.45, 2.75) is 17.8 Å². The Bertz CT molecular complexity index is 1060. The number of aromatic nitrogens is 5. The second-order valence-electron chi connectivity index (χ2n) is 5.53. The van der Waals surface area contributed by atoms with Gasteiger partial charge >= 0.3 is 0 Å². The maximum atomic E-state index is 6.20. The molecule has 8 heteroatoms. The molecule has 1 aromatic carbocycles. The minimum atomic E-state index is 0.534. The molecule has 0 aliphatic carbocycles. The average Bonchev–Trinajstić information content (AvgIpc) is 3.19. The Balaban J connectivity index is 1.60. The van der Waals surface area contributed by atoms with Gasteiger partial charge in [0.05, 0.1) is 21.4 Å². The molecule has 0 bridgehead atoms. The van der Waals surface area contributed by atoms with Gasteiger partial charge in [-0.25, -0.2) is 4.98 Å². The van der Waals surface area contributed by atoms with Crippen molar-refractivity contribution in [3.63, 3.8) is 0 Å². The van der Waals surface area contributed by atoms with E-state index >= 15 is 0 Å². The molecule has 0 amide bonds. The number of hydrogen-bond donors (Lipinski definition) is 0. The van der Waals surface area contributed by atoms with Crippen molar-refractivity contribution < 1.29 is 0 Å². The van der Waals surface area contributed by atoms with E-state index in [-0.39, 0.29) is 0 Å². The Morgan fingerprint density at radius 1 is 1.16 bits per heavy atom. The highest BCUT2D eigenvalue weighted by atomic mass is 35.5. The number of thioether (sulfide) groups is 1. The summed E-state index contributed by atoms with van der Waals surface area (Å²) in [5.41, 5.74) is 3.83. The highest BCUT2D eigenvalue weighted by Gasteiger charge is 2.12. The first kappa shape index (κ1) is 16.4. The molecule has 0 fully saturated rings. The summed E-state index contributed by atoms with van der Waals surface area (Å²) in [5, 5.41) is 10.2. The summed E-state index contributed by atoms with van der Waals surface area (Å²) in [4.78, 5) is 4.57. The van der Waals surface area contributed by atoms with Gasteiger partial charge in [0, 0.05) is 18.1 Å². The molecule has 0 unspecified atom stereocenters. The lowest BCUT2D eigenvalue weighted by molar-refractivity contribution is 0.877. The van der Waals surface area contributed by atoms with Crippen molar-refractivity contribution in [2.75, 3.05) is 0 Å². The van der Waals surface area contributed by atoms with Gasteiger partial charge in [0.1, 0.15) is 6.33 Å². The summed E-state index contributed by atoms with van der Waals surface area (Å²) in [6, 6.07) is 9.83. The average molecular weight is 390 g/mol. The normalized spacial score (nSPS) is 11.3. The van der Waals surface area contributed by atoms with E-state index in [0.717, 1.165) is 16.5 Å². The third-order valence-electron chi connectivity index (χ3n) is 3.76. The molecule has 5 nitrogen and oxygen atoms in total. The molecule has 0 atom stereocenters. The van der Waals surface area contributed by atoms with Crippen LogP contribution in [0, 0.1) is 6.92 Å². The van der Waals surface area contributed by atoms with Gasteiger partial charge in [-0.15, -0.1) is 10.2 Å². The first-order chi connectivity index (χ1) is 12.1. The Morgan fingerprint density at radius 2 is 2.00 bits per heavy atom. The number of hydrogen-bond acceptors (Lipinski definition) is 4. The molecule has 126 valence electrons. The van der Waals surface area contributed by atoms with Crippen LogP contribution in [-0.2, 0) is 5.75 Å². The zero-order valence-electron chi connectivity index (χ0n) is 13.2. The van der Waals surface area contributed by atoms with Crippen LogP contribution in [0.3, 0.4) is 0 Å². The molecule has 4 rings (SSSR count). The number of imidazole rings is 1. The number of halogens is 2. The largest absolute Gasteiger partial charge is 0.304 e. The minimum Gasteiger partial charge on any atom is -0.304 e. The molecule has 3 aromatic heterocycles.